The molecule has 3 rings (SSSR count). The van der Waals surface area contributed by atoms with E-state index in [4.69, 9.17) is 5.11 Å². The average Bonchev–Trinajstić information content (AvgIpc) is 3.13. The topological polar surface area (TPSA) is 71.3 Å². The van der Waals surface area contributed by atoms with Crippen LogP contribution < -0.4 is 5.32 Å². The summed E-state index contributed by atoms with van der Waals surface area (Å²) in [6.07, 6.45) is 1.74. The molecule has 2 aromatic rings. The first kappa shape index (κ1) is 17.2. The van der Waals surface area contributed by atoms with Crippen LogP contribution in [0.5, 0.6) is 0 Å². The van der Waals surface area contributed by atoms with Gasteiger partial charge in [0.25, 0.3) is 5.91 Å². The first-order chi connectivity index (χ1) is 11.9. The lowest BCUT2D eigenvalue weighted by molar-refractivity contribution is -0.141. The zero-order chi connectivity index (χ0) is 18.1. The first-order valence-corrected chi connectivity index (χ1v) is 8.35. The Labute approximate surface area is 145 Å². The monoisotopic (exact) mass is 344 g/mol. The molecular formula is C19H21FN2O3. The number of aryl methyl sites for hydroxylation is 1. The highest BCUT2D eigenvalue weighted by Crippen LogP contribution is 2.27. The number of nitrogens with one attached hydrogen (secondary N) is 1. The zero-order valence-corrected chi connectivity index (χ0v) is 14.3. The van der Waals surface area contributed by atoms with Gasteiger partial charge in [0, 0.05) is 23.1 Å². The summed E-state index contributed by atoms with van der Waals surface area (Å²) in [6.45, 7) is 3.74. The van der Waals surface area contributed by atoms with Crippen LogP contribution in [0.1, 0.15) is 41.0 Å². The van der Waals surface area contributed by atoms with Crippen LogP contribution in [0.3, 0.4) is 0 Å². The summed E-state index contributed by atoms with van der Waals surface area (Å²) in [4.78, 5) is 23.7. The Kier molecular flexibility index (Phi) is 4.61. The molecule has 0 saturated heterocycles. The molecule has 5 nitrogen and oxygen atoms in total. The highest BCUT2D eigenvalue weighted by Gasteiger charge is 2.31. The molecule has 2 atom stereocenters. The van der Waals surface area contributed by atoms with Crippen molar-refractivity contribution in [2.45, 2.75) is 39.2 Å². The van der Waals surface area contributed by atoms with Crippen LogP contribution in [0, 0.1) is 25.6 Å². The fourth-order valence-corrected chi connectivity index (χ4v) is 3.58. The minimum Gasteiger partial charge on any atom is -0.481 e. The third-order valence-corrected chi connectivity index (χ3v) is 4.88. The average molecular weight is 344 g/mol. The van der Waals surface area contributed by atoms with E-state index in [1.54, 1.807) is 18.2 Å². The minimum atomic E-state index is -0.800. The van der Waals surface area contributed by atoms with Crippen molar-refractivity contribution < 1.29 is 19.1 Å². The molecule has 1 aliphatic carbocycles. The van der Waals surface area contributed by atoms with Crippen molar-refractivity contribution in [3.8, 4) is 5.69 Å². The second-order valence-corrected chi connectivity index (χ2v) is 6.62. The molecule has 0 unspecified atom stereocenters. The number of carboxylic acids is 1. The maximum absolute atomic E-state index is 13.1. The predicted octanol–water partition coefficient (Wildman–Crippen LogP) is 3.22. The number of halogens is 1. The molecule has 0 bridgehead atoms. The van der Waals surface area contributed by atoms with Crippen molar-refractivity contribution in [3.63, 3.8) is 0 Å². The Balaban J connectivity index is 1.79. The quantitative estimate of drug-likeness (QED) is 0.895. The Morgan fingerprint density at radius 2 is 1.88 bits per heavy atom. The number of carbonyl (C=O) groups excluding carboxylic acids is 1. The van der Waals surface area contributed by atoms with Crippen molar-refractivity contribution in [3.05, 3.63) is 53.1 Å². The fraction of sp³-hybridized carbons (Fsp3) is 0.368. The van der Waals surface area contributed by atoms with Gasteiger partial charge in [-0.3, -0.25) is 9.59 Å². The summed E-state index contributed by atoms with van der Waals surface area (Å²) in [7, 11) is 0. The van der Waals surface area contributed by atoms with Gasteiger partial charge >= 0.3 is 5.97 Å². The maximum atomic E-state index is 13.1. The van der Waals surface area contributed by atoms with Gasteiger partial charge in [-0.2, -0.15) is 0 Å². The van der Waals surface area contributed by atoms with Gasteiger partial charge in [-0.05, 0) is 63.4 Å². The van der Waals surface area contributed by atoms with E-state index in [9.17, 15) is 14.0 Å². The first-order valence-electron chi connectivity index (χ1n) is 8.35. The molecule has 1 fully saturated rings. The number of carbonyl (C=O) groups is 2. The number of benzene rings is 1. The summed E-state index contributed by atoms with van der Waals surface area (Å²) in [5.41, 5.74) is 3.00. The summed E-state index contributed by atoms with van der Waals surface area (Å²) >= 11 is 0. The molecule has 1 aromatic heterocycles. The molecule has 1 saturated carbocycles. The van der Waals surface area contributed by atoms with Crippen molar-refractivity contribution in [2.75, 3.05) is 0 Å². The van der Waals surface area contributed by atoms with E-state index < -0.39 is 5.97 Å². The lowest BCUT2D eigenvalue weighted by Crippen LogP contribution is -2.33. The van der Waals surface area contributed by atoms with Crippen LogP contribution in [0.25, 0.3) is 5.69 Å². The van der Waals surface area contributed by atoms with Gasteiger partial charge in [0.1, 0.15) is 5.82 Å². The van der Waals surface area contributed by atoms with Crippen LogP contribution in [0.2, 0.25) is 0 Å². The number of aromatic nitrogens is 1. The summed E-state index contributed by atoms with van der Waals surface area (Å²) in [5, 5.41) is 12.0. The van der Waals surface area contributed by atoms with Crippen molar-refractivity contribution >= 4 is 11.9 Å². The standard InChI is InChI=1S/C19H21FN2O3/c1-11-9-17(12(2)22(11)16-7-4-14(20)5-8-16)18(23)21-15-6-3-13(10-15)19(24)25/h4-5,7-9,13,15H,3,6,10H2,1-2H3,(H,21,23)(H,24,25)/t13-,15+/m1/s1. The van der Waals surface area contributed by atoms with E-state index in [1.807, 2.05) is 18.4 Å². The van der Waals surface area contributed by atoms with Crippen LogP contribution in [-0.4, -0.2) is 27.6 Å². The number of hydrogen-bond donors (Lipinski definition) is 2. The third kappa shape index (κ3) is 3.43. The molecular weight excluding hydrogens is 323 g/mol. The highest BCUT2D eigenvalue weighted by molar-refractivity contribution is 5.96. The molecule has 2 N–H and O–H groups in total. The van der Waals surface area contributed by atoms with E-state index in [-0.39, 0.29) is 23.7 Å². The lowest BCUT2D eigenvalue weighted by Gasteiger charge is -2.13. The molecule has 0 radical (unpaired) electrons. The van der Waals surface area contributed by atoms with E-state index >= 15 is 0 Å². The number of rotatable bonds is 4. The molecule has 25 heavy (non-hydrogen) atoms. The Hall–Kier alpha value is -2.63. The van der Waals surface area contributed by atoms with E-state index in [1.165, 1.54) is 12.1 Å². The lowest BCUT2D eigenvalue weighted by atomic mass is 10.1. The van der Waals surface area contributed by atoms with Gasteiger partial charge in [-0.25, -0.2) is 4.39 Å². The number of carboxylic acid groups (broad SMARTS) is 1. The van der Waals surface area contributed by atoms with Gasteiger partial charge in [0.2, 0.25) is 0 Å². The maximum Gasteiger partial charge on any atom is 0.306 e. The number of nitrogens with zero attached hydrogens (tertiary/aromatic N) is 1. The van der Waals surface area contributed by atoms with Gasteiger partial charge in [0.15, 0.2) is 0 Å². The molecule has 6 heteroatoms. The largest absolute Gasteiger partial charge is 0.481 e. The normalized spacial score (nSPS) is 19.8. The van der Waals surface area contributed by atoms with E-state index in [0.717, 1.165) is 17.1 Å². The van der Waals surface area contributed by atoms with Crippen molar-refractivity contribution in [1.29, 1.82) is 0 Å². The molecule has 1 amide bonds. The van der Waals surface area contributed by atoms with Gasteiger partial charge in [0.05, 0.1) is 11.5 Å². The molecule has 1 aromatic carbocycles. The molecule has 0 spiro atoms. The smallest absolute Gasteiger partial charge is 0.306 e. The summed E-state index contributed by atoms with van der Waals surface area (Å²) in [5.74, 6) is -1.68. The van der Waals surface area contributed by atoms with E-state index in [0.29, 0.717) is 24.8 Å². The summed E-state index contributed by atoms with van der Waals surface area (Å²) < 4.78 is 15.0. The second kappa shape index (κ2) is 6.70. The van der Waals surface area contributed by atoms with Crippen LogP contribution in [-0.2, 0) is 4.79 Å². The van der Waals surface area contributed by atoms with Gasteiger partial charge in [-0.1, -0.05) is 0 Å². The fourth-order valence-electron chi connectivity index (χ4n) is 3.58. The second-order valence-electron chi connectivity index (χ2n) is 6.62. The van der Waals surface area contributed by atoms with Crippen LogP contribution in [0.15, 0.2) is 30.3 Å². The van der Waals surface area contributed by atoms with Crippen molar-refractivity contribution in [1.82, 2.24) is 9.88 Å². The predicted molar refractivity (Wildman–Crippen MR) is 91.4 cm³/mol. The number of amides is 1. The summed E-state index contributed by atoms with van der Waals surface area (Å²) in [6, 6.07) is 7.81. The number of hydrogen-bond acceptors (Lipinski definition) is 2. The van der Waals surface area contributed by atoms with Crippen LogP contribution >= 0.6 is 0 Å². The van der Waals surface area contributed by atoms with Gasteiger partial charge < -0.3 is 15.0 Å². The number of aliphatic carboxylic acids is 1. The molecule has 1 aliphatic rings. The minimum absolute atomic E-state index is 0.109. The molecule has 1 heterocycles. The zero-order valence-electron chi connectivity index (χ0n) is 14.3. The van der Waals surface area contributed by atoms with E-state index in [2.05, 4.69) is 5.32 Å². The Bertz CT molecular complexity index is 811. The van der Waals surface area contributed by atoms with Crippen LogP contribution in [0.4, 0.5) is 4.39 Å². The third-order valence-electron chi connectivity index (χ3n) is 4.88. The SMILES string of the molecule is Cc1cc(C(=O)N[C@H]2CC[C@@H](C(=O)O)C2)c(C)n1-c1ccc(F)cc1. The molecule has 0 aliphatic heterocycles. The Morgan fingerprint density at radius 1 is 1.20 bits per heavy atom. The Morgan fingerprint density at radius 3 is 2.48 bits per heavy atom. The van der Waals surface area contributed by atoms with Crippen molar-refractivity contribution in [2.24, 2.45) is 5.92 Å². The highest BCUT2D eigenvalue weighted by atomic mass is 19.1. The van der Waals surface area contributed by atoms with Gasteiger partial charge in [-0.15, -0.1) is 0 Å². The molecule has 132 valence electrons.